The van der Waals surface area contributed by atoms with Gasteiger partial charge in [-0.25, -0.2) is 8.42 Å². The first-order valence-electron chi connectivity index (χ1n) is 4.63. The first-order chi connectivity index (χ1) is 7.91. The van der Waals surface area contributed by atoms with E-state index in [4.69, 9.17) is 23.2 Å². The summed E-state index contributed by atoms with van der Waals surface area (Å²) in [4.78, 5) is 11.1. The average molecular weight is 315 g/mol. The summed E-state index contributed by atoms with van der Waals surface area (Å²) in [6.07, 6.45) is 0. The molecule has 1 amide bonds. The van der Waals surface area contributed by atoms with Crippen LogP contribution in [0.1, 0.15) is 0 Å². The number of carbonyl (C=O) groups excluding carboxylic acids is 1. The maximum atomic E-state index is 12.2. The van der Waals surface area contributed by atoms with Gasteiger partial charge in [0.05, 0.1) is 10.9 Å². The molecule has 0 aromatic carbocycles. The molecule has 5 nitrogen and oxygen atoms in total. The second kappa shape index (κ2) is 4.74. The number of hydrogen-bond donors (Lipinski definition) is 1. The first-order valence-corrected chi connectivity index (χ1v) is 7.64. The van der Waals surface area contributed by atoms with E-state index >= 15 is 0 Å². The third-order valence-corrected chi connectivity index (χ3v) is 5.84. The number of thiophene rings is 1. The molecular weight excluding hydrogens is 307 g/mol. The van der Waals surface area contributed by atoms with E-state index in [0.29, 0.717) is 10.9 Å². The zero-order chi connectivity index (χ0) is 12.6. The molecule has 1 aromatic rings. The fourth-order valence-corrected chi connectivity index (χ4v) is 4.97. The molecule has 1 N–H and O–H groups in total. The lowest BCUT2D eigenvalue weighted by molar-refractivity contribution is -0.122. The van der Waals surface area contributed by atoms with Crippen LogP contribution in [0, 0.1) is 0 Å². The Hall–Kier alpha value is -0.340. The molecule has 0 spiro atoms. The molecule has 1 saturated heterocycles. The van der Waals surface area contributed by atoms with E-state index < -0.39 is 10.0 Å². The molecule has 1 aliphatic heterocycles. The second-order valence-electron chi connectivity index (χ2n) is 3.38. The quantitative estimate of drug-likeness (QED) is 0.891. The number of halogens is 2. The van der Waals surface area contributed by atoms with Crippen molar-refractivity contribution in [2.75, 3.05) is 19.6 Å². The Morgan fingerprint density at radius 1 is 1.41 bits per heavy atom. The monoisotopic (exact) mass is 314 g/mol. The molecule has 94 valence electrons. The van der Waals surface area contributed by atoms with Crippen LogP contribution in [0.2, 0.25) is 8.67 Å². The van der Waals surface area contributed by atoms with Crippen molar-refractivity contribution in [3.63, 3.8) is 0 Å². The Balaban J connectivity index is 2.36. The van der Waals surface area contributed by atoms with E-state index in [-0.39, 0.29) is 28.2 Å². The van der Waals surface area contributed by atoms with E-state index in [0.717, 1.165) is 15.6 Å². The smallest absolute Gasteiger partial charge is 0.246 e. The summed E-state index contributed by atoms with van der Waals surface area (Å²) < 4.78 is 25.9. The molecular formula is C8H8Cl2N2O3S2. The van der Waals surface area contributed by atoms with Crippen LogP contribution >= 0.6 is 34.5 Å². The van der Waals surface area contributed by atoms with Gasteiger partial charge in [-0.3, -0.25) is 4.79 Å². The van der Waals surface area contributed by atoms with Gasteiger partial charge in [0.15, 0.2) is 0 Å². The van der Waals surface area contributed by atoms with Gasteiger partial charge in [0.25, 0.3) is 0 Å². The summed E-state index contributed by atoms with van der Waals surface area (Å²) in [6, 6.07) is 1.30. The maximum absolute atomic E-state index is 12.2. The predicted molar refractivity (Wildman–Crippen MR) is 66.1 cm³/mol. The van der Waals surface area contributed by atoms with Gasteiger partial charge in [0, 0.05) is 13.1 Å². The first kappa shape index (κ1) is 13.1. The molecule has 1 aliphatic rings. The van der Waals surface area contributed by atoms with E-state index in [9.17, 15) is 13.2 Å². The van der Waals surface area contributed by atoms with E-state index in [1.165, 1.54) is 6.07 Å². The third kappa shape index (κ3) is 2.58. The number of carbonyl (C=O) groups is 1. The average Bonchev–Trinajstić information content (AvgIpc) is 2.58. The Morgan fingerprint density at radius 3 is 2.65 bits per heavy atom. The number of amides is 1. The van der Waals surface area contributed by atoms with Crippen molar-refractivity contribution >= 4 is 50.5 Å². The van der Waals surface area contributed by atoms with E-state index in [1.54, 1.807) is 0 Å². The van der Waals surface area contributed by atoms with Crippen LogP contribution in [0.4, 0.5) is 0 Å². The minimum Gasteiger partial charge on any atom is -0.354 e. The molecule has 1 fully saturated rings. The summed E-state index contributed by atoms with van der Waals surface area (Å²) in [5.41, 5.74) is 0. The minimum absolute atomic E-state index is 0.0381. The molecule has 0 atom stereocenters. The summed E-state index contributed by atoms with van der Waals surface area (Å²) in [7, 11) is -3.74. The largest absolute Gasteiger partial charge is 0.354 e. The van der Waals surface area contributed by atoms with Crippen LogP contribution < -0.4 is 5.32 Å². The van der Waals surface area contributed by atoms with Crippen LogP contribution in [0.3, 0.4) is 0 Å². The Bertz CT molecular complexity index is 555. The van der Waals surface area contributed by atoms with E-state index in [2.05, 4.69) is 5.32 Å². The highest BCUT2D eigenvalue weighted by Crippen LogP contribution is 2.35. The Kier molecular flexibility index (Phi) is 3.65. The fraction of sp³-hybridized carbons (Fsp3) is 0.375. The zero-order valence-electron chi connectivity index (χ0n) is 8.44. The number of nitrogens with zero attached hydrogens (tertiary/aromatic N) is 1. The molecule has 0 aliphatic carbocycles. The van der Waals surface area contributed by atoms with Gasteiger partial charge >= 0.3 is 0 Å². The number of rotatable bonds is 2. The lowest BCUT2D eigenvalue weighted by Gasteiger charge is -2.25. The van der Waals surface area contributed by atoms with Crippen molar-refractivity contribution in [2.24, 2.45) is 0 Å². The normalized spacial score (nSPS) is 18.1. The lowest BCUT2D eigenvalue weighted by Crippen LogP contribution is -2.49. The van der Waals surface area contributed by atoms with E-state index in [1.807, 2.05) is 0 Å². The van der Waals surface area contributed by atoms with Gasteiger partial charge in [-0.1, -0.05) is 23.2 Å². The van der Waals surface area contributed by atoms with Gasteiger partial charge < -0.3 is 5.32 Å². The zero-order valence-corrected chi connectivity index (χ0v) is 11.6. The van der Waals surface area contributed by atoms with Crippen LogP contribution in [-0.2, 0) is 14.8 Å². The van der Waals surface area contributed by atoms with Crippen molar-refractivity contribution in [3.05, 3.63) is 14.7 Å². The Labute approximate surface area is 112 Å². The highest BCUT2D eigenvalue weighted by molar-refractivity contribution is 7.89. The molecule has 0 saturated carbocycles. The van der Waals surface area contributed by atoms with Gasteiger partial charge in [-0.05, 0) is 6.07 Å². The van der Waals surface area contributed by atoms with Crippen LogP contribution in [0.25, 0.3) is 0 Å². The van der Waals surface area contributed by atoms with Crippen LogP contribution in [-0.4, -0.2) is 38.3 Å². The molecule has 1 aromatic heterocycles. The van der Waals surface area contributed by atoms with Crippen molar-refractivity contribution in [1.82, 2.24) is 9.62 Å². The topological polar surface area (TPSA) is 66.5 Å². The molecule has 2 heterocycles. The standard InChI is InChI=1S/C8H8Cl2N2O3S2/c9-6-3-5(8(10)16-6)17(14,15)12-2-1-11-7(13)4-12/h3H,1-2,4H2,(H,11,13). The maximum Gasteiger partial charge on any atom is 0.246 e. The molecule has 17 heavy (non-hydrogen) atoms. The van der Waals surface area contributed by atoms with Gasteiger partial charge in [0.2, 0.25) is 15.9 Å². The summed E-state index contributed by atoms with van der Waals surface area (Å²) >= 11 is 12.5. The number of hydrogen-bond acceptors (Lipinski definition) is 4. The van der Waals surface area contributed by atoms with Gasteiger partial charge in [-0.2, -0.15) is 4.31 Å². The van der Waals surface area contributed by atoms with Crippen molar-refractivity contribution < 1.29 is 13.2 Å². The number of nitrogens with one attached hydrogen (secondary N) is 1. The number of sulfonamides is 1. The van der Waals surface area contributed by atoms with Gasteiger partial charge in [0.1, 0.15) is 9.23 Å². The highest BCUT2D eigenvalue weighted by Gasteiger charge is 2.31. The molecule has 0 unspecified atom stereocenters. The fourth-order valence-electron chi connectivity index (χ4n) is 1.46. The van der Waals surface area contributed by atoms with Crippen molar-refractivity contribution in [3.8, 4) is 0 Å². The second-order valence-corrected chi connectivity index (χ2v) is 7.57. The summed E-state index contributed by atoms with van der Waals surface area (Å²) in [6.45, 7) is 0.345. The number of piperazine rings is 1. The Morgan fingerprint density at radius 2 is 2.12 bits per heavy atom. The minimum atomic E-state index is -3.74. The van der Waals surface area contributed by atoms with Crippen LogP contribution in [0.15, 0.2) is 11.0 Å². The SMILES string of the molecule is O=C1CN(S(=O)(=O)c2cc(Cl)sc2Cl)CCN1. The van der Waals surface area contributed by atoms with Gasteiger partial charge in [-0.15, -0.1) is 11.3 Å². The molecule has 2 rings (SSSR count). The molecule has 0 radical (unpaired) electrons. The van der Waals surface area contributed by atoms with Crippen LogP contribution in [0.5, 0.6) is 0 Å². The third-order valence-electron chi connectivity index (χ3n) is 2.25. The molecule has 0 bridgehead atoms. The van der Waals surface area contributed by atoms with Crippen molar-refractivity contribution in [1.29, 1.82) is 0 Å². The summed E-state index contributed by atoms with van der Waals surface area (Å²) in [5.74, 6) is -0.322. The van der Waals surface area contributed by atoms with Crippen molar-refractivity contribution in [2.45, 2.75) is 4.90 Å². The highest BCUT2D eigenvalue weighted by atomic mass is 35.5. The summed E-state index contributed by atoms with van der Waals surface area (Å²) in [5, 5.41) is 2.55. The molecule has 9 heteroatoms. The lowest BCUT2D eigenvalue weighted by atomic mass is 10.4. The predicted octanol–water partition coefficient (Wildman–Crippen LogP) is 1.18.